The van der Waals surface area contributed by atoms with Crippen molar-refractivity contribution in [1.82, 2.24) is 0 Å². The summed E-state index contributed by atoms with van der Waals surface area (Å²) in [5, 5.41) is 0.630. The van der Waals surface area contributed by atoms with Crippen LogP contribution >= 0.6 is 11.6 Å². The molecule has 0 aliphatic heterocycles. The summed E-state index contributed by atoms with van der Waals surface area (Å²) in [7, 11) is 0. The van der Waals surface area contributed by atoms with Gasteiger partial charge < -0.3 is 0 Å². The maximum absolute atomic E-state index is 10.8. The van der Waals surface area contributed by atoms with Crippen molar-refractivity contribution in [3.05, 3.63) is 58.6 Å². The molecule has 0 amide bonds. The van der Waals surface area contributed by atoms with Crippen molar-refractivity contribution in [2.75, 3.05) is 0 Å². The minimum absolute atomic E-state index is 0.613. The average molecular weight is 299 g/mol. The molecule has 0 unspecified atom stereocenters. The Morgan fingerprint density at radius 3 is 2.29 bits per heavy atom. The van der Waals surface area contributed by atoms with E-state index in [9.17, 15) is 4.79 Å². The van der Waals surface area contributed by atoms with Gasteiger partial charge in [-0.2, -0.15) is 0 Å². The van der Waals surface area contributed by atoms with Gasteiger partial charge in [0.2, 0.25) is 0 Å². The van der Waals surface area contributed by atoms with Crippen molar-refractivity contribution in [1.29, 1.82) is 0 Å². The summed E-state index contributed by atoms with van der Waals surface area (Å²) in [5.41, 5.74) is 4.15. The Morgan fingerprint density at radius 1 is 0.952 bits per heavy atom. The Labute approximate surface area is 131 Å². The number of hydrogen-bond donors (Lipinski definition) is 0. The van der Waals surface area contributed by atoms with Crippen LogP contribution in [0.4, 0.5) is 0 Å². The second-order valence-corrected chi connectivity index (χ2v) is 6.22. The molecule has 1 aliphatic rings. The molecular formula is C19H19ClO. The Balaban J connectivity index is 1.85. The molecule has 0 radical (unpaired) electrons. The van der Waals surface area contributed by atoms with Crippen LogP contribution in [0.5, 0.6) is 0 Å². The summed E-state index contributed by atoms with van der Waals surface area (Å²) in [5.74, 6) is 0.723. The van der Waals surface area contributed by atoms with Crippen LogP contribution < -0.4 is 0 Å². The molecule has 108 valence electrons. The van der Waals surface area contributed by atoms with E-state index in [-0.39, 0.29) is 0 Å². The third-order valence-electron chi connectivity index (χ3n) is 4.43. The number of hydrogen-bond acceptors (Lipinski definition) is 1. The number of carbonyl (C=O) groups is 1. The lowest BCUT2D eigenvalue weighted by molar-refractivity contribution is 0.112. The second-order valence-electron chi connectivity index (χ2n) is 5.81. The van der Waals surface area contributed by atoms with Gasteiger partial charge in [0.25, 0.3) is 0 Å². The maximum atomic E-state index is 10.8. The molecule has 2 aromatic rings. The molecule has 1 saturated carbocycles. The number of rotatable bonds is 3. The number of carbonyl (C=O) groups excluding carboxylic acids is 1. The molecule has 21 heavy (non-hydrogen) atoms. The number of halogens is 1. The SMILES string of the molecule is O=Cc1ccc(-c2ccc(C3CCCCC3)cc2)c(Cl)c1. The molecule has 0 heterocycles. The molecule has 3 rings (SSSR count). The Morgan fingerprint density at radius 2 is 1.67 bits per heavy atom. The zero-order valence-corrected chi connectivity index (χ0v) is 12.8. The summed E-state index contributed by atoms with van der Waals surface area (Å²) in [6.45, 7) is 0. The van der Waals surface area contributed by atoms with E-state index in [4.69, 9.17) is 11.6 Å². The highest BCUT2D eigenvalue weighted by Crippen LogP contribution is 2.34. The van der Waals surface area contributed by atoms with Crippen LogP contribution in [0.2, 0.25) is 5.02 Å². The monoisotopic (exact) mass is 298 g/mol. The Hall–Kier alpha value is -1.60. The summed E-state index contributed by atoms with van der Waals surface area (Å²) in [4.78, 5) is 10.8. The van der Waals surface area contributed by atoms with Gasteiger partial charge in [0, 0.05) is 16.1 Å². The van der Waals surface area contributed by atoms with Gasteiger partial charge in [0.05, 0.1) is 0 Å². The van der Waals surface area contributed by atoms with Gasteiger partial charge in [-0.25, -0.2) is 0 Å². The average Bonchev–Trinajstić information content (AvgIpc) is 2.56. The van der Waals surface area contributed by atoms with Crippen molar-refractivity contribution >= 4 is 17.9 Å². The third kappa shape index (κ3) is 3.19. The Bertz CT molecular complexity index is 625. The highest BCUT2D eigenvalue weighted by Gasteiger charge is 2.15. The second kappa shape index (κ2) is 6.44. The van der Waals surface area contributed by atoms with E-state index in [1.807, 2.05) is 12.1 Å². The van der Waals surface area contributed by atoms with E-state index in [0.717, 1.165) is 23.3 Å². The first-order valence-electron chi connectivity index (χ1n) is 7.63. The molecule has 0 atom stereocenters. The highest BCUT2D eigenvalue weighted by molar-refractivity contribution is 6.33. The normalized spacial score (nSPS) is 15.9. The van der Waals surface area contributed by atoms with Crippen molar-refractivity contribution in [3.63, 3.8) is 0 Å². The molecule has 0 N–H and O–H groups in total. The molecule has 0 aromatic heterocycles. The molecule has 1 nitrogen and oxygen atoms in total. The summed E-state index contributed by atoms with van der Waals surface area (Å²) in [6, 6.07) is 14.2. The summed E-state index contributed by atoms with van der Waals surface area (Å²) < 4.78 is 0. The Kier molecular flexibility index (Phi) is 4.40. The van der Waals surface area contributed by atoms with Crippen LogP contribution in [0.25, 0.3) is 11.1 Å². The maximum Gasteiger partial charge on any atom is 0.150 e. The zero-order valence-electron chi connectivity index (χ0n) is 12.0. The van der Waals surface area contributed by atoms with E-state index in [2.05, 4.69) is 24.3 Å². The first-order chi connectivity index (χ1) is 10.3. The minimum atomic E-state index is 0.613. The molecule has 0 saturated heterocycles. The molecule has 2 aromatic carbocycles. The largest absolute Gasteiger partial charge is 0.298 e. The predicted octanol–water partition coefficient (Wildman–Crippen LogP) is 5.87. The van der Waals surface area contributed by atoms with Crippen LogP contribution in [0.3, 0.4) is 0 Å². The number of benzene rings is 2. The number of aldehydes is 1. The topological polar surface area (TPSA) is 17.1 Å². The quantitative estimate of drug-likeness (QED) is 0.648. The predicted molar refractivity (Wildman–Crippen MR) is 88.1 cm³/mol. The third-order valence-corrected chi connectivity index (χ3v) is 4.74. The van der Waals surface area contributed by atoms with Gasteiger partial charge in [0.15, 0.2) is 0 Å². The van der Waals surface area contributed by atoms with Crippen molar-refractivity contribution < 1.29 is 4.79 Å². The standard InChI is InChI=1S/C19H19ClO/c20-19-12-14(13-21)6-11-18(19)17-9-7-16(8-10-17)15-4-2-1-3-5-15/h6-13,15H,1-5H2. The smallest absolute Gasteiger partial charge is 0.150 e. The fraction of sp³-hybridized carbons (Fsp3) is 0.316. The van der Waals surface area contributed by atoms with Crippen molar-refractivity contribution in [2.24, 2.45) is 0 Å². The molecule has 1 aliphatic carbocycles. The lowest BCUT2D eigenvalue weighted by Crippen LogP contribution is -2.04. The summed E-state index contributed by atoms with van der Waals surface area (Å²) >= 11 is 6.27. The lowest BCUT2D eigenvalue weighted by atomic mass is 9.84. The van der Waals surface area contributed by atoms with Gasteiger partial charge in [-0.05, 0) is 36.0 Å². The van der Waals surface area contributed by atoms with Crippen LogP contribution in [-0.2, 0) is 0 Å². The van der Waals surface area contributed by atoms with Crippen molar-refractivity contribution in [3.8, 4) is 11.1 Å². The van der Waals surface area contributed by atoms with Gasteiger partial charge in [-0.1, -0.05) is 67.3 Å². The molecule has 1 fully saturated rings. The minimum Gasteiger partial charge on any atom is -0.298 e. The fourth-order valence-corrected chi connectivity index (χ4v) is 3.51. The van der Waals surface area contributed by atoms with E-state index >= 15 is 0 Å². The van der Waals surface area contributed by atoms with Crippen molar-refractivity contribution in [2.45, 2.75) is 38.0 Å². The lowest BCUT2D eigenvalue weighted by Gasteiger charge is -2.22. The van der Waals surface area contributed by atoms with Gasteiger partial charge in [-0.3, -0.25) is 4.79 Å². The van der Waals surface area contributed by atoms with Crippen LogP contribution in [-0.4, -0.2) is 6.29 Å². The molecular weight excluding hydrogens is 280 g/mol. The first kappa shape index (κ1) is 14.3. The highest BCUT2D eigenvalue weighted by atomic mass is 35.5. The molecule has 2 heteroatoms. The van der Waals surface area contributed by atoms with E-state index < -0.39 is 0 Å². The van der Waals surface area contributed by atoms with Crippen LogP contribution in [0, 0.1) is 0 Å². The van der Waals surface area contributed by atoms with Gasteiger partial charge >= 0.3 is 0 Å². The van der Waals surface area contributed by atoms with E-state index in [0.29, 0.717) is 10.6 Å². The first-order valence-corrected chi connectivity index (χ1v) is 8.01. The molecule has 0 bridgehead atoms. The fourth-order valence-electron chi connectivity index (χ4n) is 3.21. The molecule has 0 spiro atoms. The van der Waals surface area contributed by atoms with Gasteiger partial charge in [0.1, 0.15) is 6.29 Å². The van der Waals surface area contributed by atoms with E-state index in [1.54, 1.807) is 6.07 Å². The van der Waals surface area contributed by atoms with Crippen LogP contribution in [0.15, 0.2) is 42.5 Å². The summed E-state index contributed by atoms with van der Waals surface area (Å²) in [6.07, 6.45) is 7.54. The van der Waals surface area contributed by atoms with E-state index in [1.165, 1.54) is 37.7 Å². The van der Waals surface area contributed by atoms with Gasteiger partial charge in [-0.15, -0.1) is 0 Å². The zero-order chi connectivity index (χ0) is 14.7. The van der Waals surface area contributed by atoms with Crippen LogP contribution in [0.1, 0.15) is 53.9 Å².